The second-order valence-corrected chi connectivity index (χ2v) is 6.34. The first-order valence-electron chi connectivity index (χ1n) is 8.92. The molecule has 128 valence electrons. The number of ether oxygens (including phenoxy) is 1. The van der Waals surface area contributed by atoms with Crippen LogP contribution in [0.3, 0.4) is 0 Å². The number of benzene rings is 3. The van der Waals surface area contributed by atoms with Crippen molar-refractivity contribution in [2.75, 3.05) is 6.61 Å². The summed E-state index contributed by atoms with van der Waals surface area (Å²) >= 11 is 0. The van der Waals surface area contributed by atoms with Crippen molar-refractivity contribution in [3.63, 3.8) is 0 Å². The minimum atomic E-state index is 0.0959. The van der Waals surface area contributed by atoms with Crippen LogP contribution in [0.25, 0.3) is 5.57 Å². The first-order chi connectivity index (χ1) is 12.8. The van der Waals surface area contributed by atoms with Gasteiger partial charge in [0.25, 0.3) is 0 Å². The van der Waals surface area contributed by atoms with Crippen molar-refractivity contribution in [2.24, 2.45) is 0 Å². The highest BCUT2D eigenvalue weighted by Crippen LogP contribution is 2.40. The number of carbonyl (C=O) groups is 1. The van der Waals surface area contributed by atoms with Gasteiger partial charge in [0.1, 0.15) is 5.75 Å². The fourth-order valence-corrected chi connectivity index (χ4v) is 3.53. The molecule has 3 aromatic rings. The monoisotopic (exact) mass is 340 g/mol. The first kappa shape index (κ1) is 16.3. The molecule has 1 aliphatic rings. The smallest absolute Gasteiger partial charge is 0.189 e. The van der Waals surface area contributed by atoms with Crippen LogP contribution < -0.4 is 4.74 Å². The summed E-state index contributed by atoms with van der Waals surface area (Å²) in [4.78, 5) is 13.2. The van der Waals surface area contributed by atoms with E-state index in [1.165, 1.54) is 5.56 Å². The van der Waals surface area contributed by atoms with E-state index in [1.807, 2.05) is 61.5 Å². The van der Waals surface area contributed by atoms with Crippen molar-refractivity contribution in [3.8, 4) is 5.75 Å². The van der Waals surface area contributed by atoms with Crippen LogP contribution in [0.4, 0.5) is 0 Å². The zero-order valence-electron chi connectivity index (χ0n) is 14.7. The average Bonchev–Trinajstić information content (AvgIpc) is 3.08. The Hall–Kier alpha value is -3.13. The predicted octanol–water partition coefficient (Wildman–Crippen LogP) is 5.33. The number of hydrogen-bond acceptors (Lipinski definition) is 2. The predicted molar refractivity (Wildman–Crippen MR) is 105 cm³/mol. The third kappa shape index (κ3) is 2.95. The van der Waals surface area contributed by atoms with Crippen molar-refractivity contribution in [2.45, 2.75) is 13.3 Å². The molecule has 1 aliphatic carbocycles. The molecule has 3 aromatic carbocycles. The molecule has 0 heterocycles. The second kappa shape index (κ2) is 7.01. The summed E-state index contributed by atoms with van der Waals surface area (Å²) in [7, 11) is 0. The van der Waals surface area contributed by atoms with Gasteiger partial charge in [-0.25, -0.2) is 0 Å². The number of ketones is 1. The highest BCUT2D eigenvalue weighted by Gasteiger charge is 2.28. The van der Waals surface area contributed by atoms with Gasteiger partial charge in [-0.05, 0) is 41.3 Å². The maximum absolute atomic E-state index is 13.2. The van der Waals surface area contributed by atoms with Crippen molar-refractivity contribution >= 4 is 11.4 Å². The van der Waals surface area contributed by atoms with E-state index < -0.39 is 0 Å². The Morgan fingerprint density at radius 1 is 0.923 bits per heavy atom. The third-order valence-corrected chi connectivity index (χ3v) is 4.70. The molecule has 4 rings (SSSR count). The lowest BCUT2D eigenvalue weighted by Gasteiger charge is -2.10. The van der Waals surface area contributed by atoms with Crippen molar-refractivity contribution in [3.05, 3.63) is 107 Å². The van der Waals surface area contributed by atoms with Crippen LogP contribution in [0.15, 0.2) is 84.4 Å². The summed E-state index contributed by atoms with van der Waals surface area (Å²) in [5, 5.41) is 0. The van der Waals surface area contributed by atoms with Crippen LogP contribution >= 0.6 is 0 Å². The fraction of sp³-hybridized carbons (Fsp3) is 0.125. The molecule has 0 saturated carbocycles. The van der Waals surface area contributed by atoms with Crippen LogP contribution in [-0.2, 0) is 6.42 Å². The molecule has 0 amide bonds. The Labute approximate surface area is 153 Å². The van der Waals surface area contributed by atoms with Gasteiger partial charge in [0.2, 0.25) is 0 Å². The molecule has 0 unspecified atom stereocenters. The standard InChI is InChI=1S/C24H20O2/c1-2-26-20-14-13-19-15-22(24(25)18-11-7-4-8-12-18)23(21(19)16-20)17-9-5-3-6-10-17/h3-14,16H,2,15H2,1H3. The molecule has 0 N–H and O–H groups in total. The van der Waals surface area contributed by atoms with Gasteiger partial charge in [0.05, 0.1) is 6.61 Å². The number of Topliss-reactive ketones (excluding diaryl/α,β-unsaturated/α-hetero) is 1. The van der Waals surface area contributed by atoms with Gasteiger partial charge in [-0.2, -0.15) is 0 Å². The molecule has 0 aliphatic heterocycles. The van der Waals surface area contributed by atoms with Gasteiger partial charge in [0, 0.05) is 17.6 Å². The van der Waals surface area contributed by atoms with E-state index in [0.29, 0.717) is 13.0 Å². The van der Waals surface area contributed by atoms with Crippen LogP contribution in [0.5, 0.6) is 5.75 Å². The molecule has 0 spiro atoms. The lowest BCUT2D eigenvalue weighted by molar-refractivity contribution is 0.103. The molecule has 2 nitrogen and oxygen atoms in total. The summed E-state index contributed by atoms with van der Waals surface area (Å²) < 4.78 is 5.69. The van der Waals surface area contributed by atoms with E-state index in [4.69, 9.17) is 4.74 Å². The SMILES string of the molecule is CCOc1ccc2c(c1)C(c1ccccc1)=C(C(=O)c1ccccc1)C2. The van der Waals surface area contributed by atoms with Crippen LogP contribution in [0.2, 0.25) is 0 Å². The third-order valence-electron chi connectivity index (χ3n) is 4.70. The Kier molecular flexibility index (Phi) is 4.40. The number of carbonyl (C=O) groups excluding carboxylic acids is 1. The van der Waals surface area contributed by atoms with Crippen molar-refractivity contribution in [1.82, 2.24) is 0 Å². The number of hydrogen-bond donors (Lipinski definition) is 0. The minimum absolute atomic E-state index is 0.0959. The molecule has 0 radical (unpaired) electrons. The topological polar surface area (TPSA) is 26.3 Å². The first-order valence-corrected chi connectivity index (χ1v) is 8.92. The maximum atomic E-state index is 13.2. The van der Waals surface area contributed by atoms with Gasteiger partial charge >= 0.3 is 0 Å². The highest BCUT2D eigenvalue weighted by atomic mass is 16.5. The van der Waals surface area contributed by atoms with E-state index in [1.54, 1.807) is 0 Å². The number of fused-ring (bicyclic) bond motifs is 1. The minimum Gasteiger partial charge on any atom is -0.494 e. The van der Waals surface area contributed by atoms with Gasteiger partial charge in [0.15, 0.2) is 5.78 Å². The Morgan fingerprint density at radius 3 is 2.31 bits per heavy atom. The molecule has 2 heteroatoms. The largest absolute Gasteiger partial charge is 0.494 e. The molecule has 0 bridgehead atoms. The van der Waals surface area contributed by atoms with E-state index in [-0.39, 0.29) is 5.78 Å². The fourth-order valence-electron chi connectivity index (χ4n) is 3.53. The zero-order chi connectivity index (χ0) is 17.9. The summed E-state index contributed by atoms with van der Waals surface area (Å²) in [5.41, 5.74) is 5.95. The van der Waals surface area contributed by atoms with Gasteiger partial charge < -0.3 is 4.74 Å². The van der Waals surface area contributed by atoms with Crippen LogP contribution in [0.1, 0.15) is 34.0 Å². The quantitative estimate of drug-likeness (QED) is 0.587. The highest BCUT2D eigenvalue weighted by molar-refractivity contribution is 6.16. The summed E-state index contributed by atoms with van der Waals surface area (Å²) in [6, 6.07) is 25.8. The van der Waals surface area contributed by atoms with Gasteiger partial charge in [-0.3, -0.25) is 4.79 Å². The molecule has 0 saturated heterocycles. The summed E-state index contributed by atoms with van der Waals surface area (Å²) in [6.07, 6.45) is 0.652. The Bertz CT molecular complexity index is 970. The second-order valence-electron chi connectivity index (χ2n) is 6.34. The van der Waals surface area contributed by atoms with Crippen LogP contribution in [0, 0.1) is 0 Å². The maximum Gasteiger partial charge on any atom is 0.189 e. The Morgan fingerprint density at radius 2 is 1.62 bits per heavy atom. The average molecular weight is 340 g/mol. The lowest BCUT2D eigenvalue weighted by atomic mass is 9.94. The van der Waals surface area contributed by atoms with Crippen molar-refractivity contribution in [1.29, 1.82) is 0 Å². The van der Waals surface area contributed by atoms with Crippen LogP contribution in [-0.4, -0.2) is 12.4 Å². The zero-order valence-corrected chi connectivity index (χ0v) is 14.7. The lowest BCUT2D eigenvalue weighted by Crippen LogP contribution is -2.05. The van der Waals surface area contributed by atoms with E-state index >= 15 is 0 Å². The van der Waals surface area contributed by atoms with E-state index in [9.17, 15) is 4.79 Å². The molecule has 0 atom stereocenters. The number of rotatable bonds is 5. The van der Waals surface area contributed by atoms with Gasteiger partial charge in [-0.15, -0.1) is 0 Å². The van der Waals surface area contributed by atoms with E-state index in [2.05, 4.69) is 24.3 Å². The molecular weight excluding hydrogens is 320 g/mol. The molecule has 0 aromatic heterocycles. The molecular formula is C24H20O2. The summed E-state index contributed by atoms with van der Waals surface area (Å²) in [5.74, 6) is 0.937. The normalized spacial score (nSPS) is 12.8. The number of allylic oxidation sites excluding steroid dienone is 1. The van der Waals surface area contributed by atoms with Gasteiger partial charge in [-0.1, -0.05) is 66.7 Å². The molecule has 26 heavy (non-hydrogen) atoms. The molecule has 0 fully saturated rings. The van der Waals surface area contributed by atoms with E-state index in [0.717, 1.165) is 33.6 Å². The van der Waals surface area contributed by atoms with Crippen molar-refractivity contribution < 1.29 is 9.53 Å². The summed E-state index contributed by atoms with van der Waals surface area (Å²) in [6.45, 7) is 2.60. The Balaban J connectivity index is 1.88.